The number of aliphatic hydroxyl groups is 1. The molecule has 0 aliphatic carbocycles. The number of rotatable bonds is 6. The summed E-state index contributed by atoms with van der Waals surface area (Å²) in [6.07, 6.45) is 6.01. The molecule has 0 aliphatic rings. The maximum atomic E-state index is 9.39. The summed E-state index contributed by atoms with van der Waals surface area (Å²) in [4.78, 5) is 3.95. The van der Waals surface area contributed by atoms with Gasteiger partial charge in [0.15, 0.2) is 0 Å². The molecule has 1 unspecified atom stereocenters. The Bertz CT molecular complexity index is 238. The number of methoxy groups -OCH3 is 1. The Morgan fingerprint density at radius 1 is 1.43 bits per heavy atom. The van der Waals surface area contributed by atoms with Crippen molar-refractivity contribution >= 4 is 0 Å². The molecular formula is C11H17NO2. The molecule has 0 aliphatic heterocycles. The van der Waals surface area contributed by atoms with Crippen LogP contribution in [0.2, 0.25) is 0 Å². The molecule has 0 aromatic carbocycles. The van der Waals surface area contributed by atoms with E-state index in [1.165, 1.54) is 5.56 Å². The smallest absolute Gasteiger partial charge is 0.0773 e. The summed E-state index contributed by atoms with van der Waals surface area (Å²) in [6, 6.07) is 4.01. The first-order valence-corrected chi connectivity index (χ1v) is 4.89. The molecule has 0 saturated carbocycles. The lowest BCUT2D eigenvalue weighted by atomic mass is 10.1. The first-order valence-electron chi connectivity index (χ1n) is 4.89. The Morgan fingerprint density at radius 3 is 2.79 bits per heavy atom. The lowest BCUT2D eigenvalue weighted by Gasteiger charge is -2.08. The predicted molar refractivity (Wildman–Crippen MR) is 55.1 cm³/mol. The van der Waals surface area contributed by atoms with Gasteiger partial charge in [0.25, 0.3) is 0 Å². The summed E-state index contributed by atoms with van der Waals surface area (Å²) < 4.78 is 4.85. The molecule has 1 heterocycles. The molecule has 1 aromatic heterocycles. The van der Waals surface area contributed by atoms with Gasteiger partial charge in [0.2, 0.25) is 0 Å². The fourth-order valence-electron chi connectivity index (χ4n) is 1.37. The molecule has 0 amide bonds. The van der Waals surface area contributed by atoms with Crippen molar-refractivity contribution in [1.29, 1.82) is 0 Å². The molecule has 0 saturated heterocycles. The lowest BCUT2D eigenvalue weighted by molar-refractivity contribution is 0.0581. The van der Waals surface area contributed by atoms with Gasteiger partial charge in [0.1, 0.15) is 0 Å². The average molecular weight is 195 g/mol. The van der Waals surface area contributed by atoms with Crippen LogP contribution in [-0.2, 0) is 11.2 Å². The molecular weight excluding hydrogens is 178 g/mol. The average Bonchev–Trinajstić information content (AvgIpc) is 2.20. The molecule has 0 fully saturated rings. The van der Waals surface area contributed by atoms with E-state index in [4.69, 9.17) is 4.74 Å². The monoisotopic (exact) mass is 195 g/mol. The Labute approximate surface area is 84.7 Å². The van der Waals surface area contributed by atoms with Crippen LogP contribution in [0, 0.1) is 0 Å². The summed E-state index contributed by atoms with van der Waals surface area (Å²) in [6.45, 7) is 0.427. The zero-order chi connectivity index (χ0) is 10.2. The van der Waals surface area contributed by atoms with E-state index in [0.717, 1.165) is 19.3 Å². The molecule has 1 rings (SSSR count). The van der Waals surface area contributed by atoms with Crippen molar-refractivity contribution in [3.8, 4) is 0 Å². The van der Waals surface area contributed by atoms with Crippen molar-refractivity contribution in [3.05, 3.63) is 30.1 Å². The minimum atomic E-state index is -0.332. The third-order valence-electron chi connectivity index (χ3n) is 2.11. The highest BCUT2D eigenvalue weighted by Crippen LogP contribution is 2.05. The molecule has 0 spiro atoms. The van der Waals surface area contributed by atoms with Crippen molar-refractivity contribution in [2.75, 3.05) is 13.7 Å². The number of ether oxygens (including phenoxy) is 1. The molecule has 0 radical (unpaired) electrons. The topological polar surface area (TPSA) is 42.4 Å². The van der Waals surface area contributed by atoms with Gasteiger partial charge in [0, 0.05) is 19.5 Å². The SMILES string of the molecule is COCC(O)CCCc1ccncc1. The van der Waals surface area contributed by atoms with E-state index >= 15 is 0 Å². The number of aliphatic hydroxyl groups excluding tert-OH is 1. The van der Waals surface area contributed by atoms with Crippen LogP contribution in [0.15, 0.2) is 24.5 Å². The summed E-state index contributed by atoms with van der Waals surface area (Å²) >= 11 is 0. The first-order chi connectivity index (χ1) is 6.83. The van der Waals surface area contributed by atoms with Crippen LogP contribution in [0.1, 0.15) is 18.4 Å². The minimum absolute atomic E-state index is 0.332. The van der Waals surface area contributed by atoms with Gasteiger partial charge in [-0.05, 0) is 37.0 Å². The van der Waals surface area contributed by atoms with Crippen molar-refractivity contribution < 1.29 is 9.84 Å². The normalized spacial score (nSPS) is 12.7. The van der Waals surface area contributed by atoms with Crippen LogP contribution < -0.4 is 0 Å². The number of hydrogen-bond donors (Lipinski definition) is 1. The van der Waals surface area contributed by atoms with Crippen molar-refractivity contribution in [2.24, 2.45) is 0 Å². The zero-order valence-electron chi connectivity index (χ0n) is 8.52. The second kappa shape index (κ2) is 6.51. The quantitative estimate of drug-likeness (QED) is 0.746. The predicted octanol–water partition coefficient (Wildman–Crippen LogP) is 1.41. The van der Waals surface area contributed by atoms with Crippen molar-refractivity contribution in [2.45, 2.75) is 25.4 Å². The van der Waals surface area contributed by atoms with Gasteiger partial charge in [-0.2, -0.15) is 0 Å². The molecule has 1 N–H and O–H groups in total. The Morgan fingerprint density at radius 2 is 2.14 bits per heavy atom. The van der Waals surface area contributed by atoms with Crippen LogP contribution in [0.25, 0.3) is 0 Å². The molecule has 14 heavy (non-hydrogen) atoms. The molecule has 1 aromatic rings. The van der Waals surface area contributed by atoms with Crippen LogP contribution in [0.3, 0.4) is 0 Å². The van der Waals surface area contributed by atoms with Gasteiger partial charge < -0.3 is 9.84 Å². The number of aromatic nitrogens is 1. The van der Waals surface area contributed by atoms with Crippen molar-refractivity contribution in [1.82, 2.24) is 4.98 Å². The number of pyridine rings is 1. The van der Waals surface area contributed by atoms with E-state index in [-0.39, 0.29) is 6.10 Å². The maximum Gasteiger partial charge on any atom is 0.0773 e. The number of aryl methyl sites for hydroxylation is 1. The molecule has 0 bridgehead atoms. The van der Waals surface area contributed by atoms with Gasteiger partial charge in [-0.1, -0.05) is 0 Å². The van der Waals surface area contributed by atoms with Gasteiger partial charge in [-0.3, -0.25) is 4.98 Å². The fraction of sp³-hybridized carbons (Fsp3) is 0.545. The largest absolute Gasteiger partial charge is 0.391 e. The lowest BCUT2D eigenvalue weighted by Crippen LogP contribution is -2.13. The number of nitrogens with zero attached hydrogens (tertiary/aromatic N) is 1. The van der Waals surface area contributed by atoms with Gasteiger partial charge >= 0.3 is 0 Å². The molecule has 1 atom stereocenters. The van der Waals surface area contributed by atoms with Crippen LogP contribution in [0.4, 0.5) is 0 Å². The highest BCUT2D eigenvalue weighted by atomic mass is 16.5. The summed E-state index contributed by atoms with van der Waals surface area (Å²) in [7, 11) is 1.60. The second-order valence-electron chi connectivity index (χ2n) is 3.36. The fourth-order valence-corrected chi connectivity index (χ4v) is 1.37. The van der Waals surface area contributed by atoms with Gasteiger partial charge in [0.05, 0.1) is 12.7 Å². The minimum Gasteiger partial charge on any atom is -0.391 e. The molecule has 3 heteroatoms. The highest BCUT2D eigenvalue weighted by Gasteiger charge is 2.02. The van der Waals surface area contributed by atoms with E-state index in [0.29, 0.717) is 6.61 Å². The standard InChI is InChI=1S/C11H17NO2/c1-14-9-11(13)4-2-3-10-5-7-12-8-6-10/h5-8,11,13H,2-4,9H2,1H3. The Hall–Kier alpha value is -0.930. The molecule has 78 valence electrons. The summed E-state index contributed by atoms with van der Waals surface area (Å²) in [5, 5.41) is 9.39. The van der Waals surface area contributed by atoms with Crippen molar-refractivity contribution in [3.63, 3.8) is 0 Å². The third kappa shape index (κ3) is 4.35. The van der Waals surface area contributed by atoms with E-state index in [9.17, 15) is 5.11 Å². The third-order valence-corrected chi connectivity index (χ3v) is 2.11. The van der Waals surface area contributed by atoms with E-state index in [1.807, 2.05) is 12.1 Å². The van der Waals surface area contributed by atoms with Crippen LogP contribution in [-0.4, -0.2) is 29.9 Å². The Balaban J connectivity index is 2.16. The number of hydrogen-bond acceptors (Lipinski definition) is 3. The van der Waals surface area contributed by atoms with E-state index in [2.05, 4.69) is 4.98 Å². The highest BCUT2D eigenvalue weighted by molar-refractivity contribution is 5.09. The van der Waals surface area contributed by atoms with Crippen LogP contribution >= 0.6 is 0 Å². The Kier molecular flexibility index (Phi) is 5.19. The molecule has 3 nitrogen and oxygen atoms in total. The maximum absolute atomic E-state index is 9.39. The summed E-state index contributed by atoms with van der Waals surface area (Å²) in [5.41, 5.74) is 1.27. The first kappa shape index (κ1) is 11.1. The van der Waals surface area contributed by atoms with Gasteiger partial charge in [-0.25, -0.2) is 0 Å². The van der Waals surface area contributed by atoms with E-state index in [1.54, 1.807) is 19.5 Å². The van der Waals surface area contributed by atoms with E-state index < -0.39 is 0 Å². The summed E-state index contributed by atoms with van der Waals surface area (Å²) in [5.74, 6) is 0. The second-order valence-corrected chi connectivity index (χ2v) is 3.36. The zero-order valence-corrected chi connectivity index (χ0v) is 8.52. The van der Waals surface area contributed by atoms with Crippen LogP contribution in [0.5, 0.6) is 0 Å². The van der Waals surface area contributed by atoms with Gasteiger partial charge in [-0.15, -0.1) is 0 Å².